The molecule has 1 aliphatic rings. The highest BCUT2D eigenvalue weighted by Gasteiger charge is 2.25. The molecule has 2 aromatic rings. The lowest BCUT2D eigenvalue weighted by Crippen LogP contribution is -2.43. The summed E-state index contributed by atoms with van der Waals surface area (Å²) in [5.74, 6) is -0.597. The second-order valence-electron chi connectivity index (χ2n) is 6.79. The predicted molar refractivity (Wildman–Crippen MR) is 99.0 cm³/mol. The highest BCUT2D eigenvalue weighted by molar-refractivity contribution is 5.94. The molecule has 1 fully saturated rings. The summed E-state index contributed by atoms with van der Waals surface area (Å²) in [5, 5.41) is 2.86. The number of halogens is 1. The van der Waals surface area contributed by atoms with Crippen LogP contribution in [0.4, 0.5) is 4.39 Å². The first kappa shape index (κ1) is 18.8. The number of likely N-dealkylation sites (tertiary alicyclic amines) is 1. The second-order valence-corrected chi connectivity index (χ2v) is 6.79. The highest BCUT2D eigenvalue weighted by atomic mass is 19.1. The minimum atomic E-state index is -0.378. The number of hydrogen-bond donors (Lipinski definition) is 1. The molecular formula is C20H22FN3O3. The van der Waals surface area contributed by atoms with Crippen LogP contribution in [0.25, 0.3) is 0 Å². The first-order valence-electron chi connectivity index (χ1n) is 8.94. The molecular weight excluding hydrogens is 349 g/mol. The van der Waals surface area contributed by atoms with Crippen LogP contribution < -0.4 is 10.9 Å². The van der Waals surface area contributed by atoms with Gasteiger partial charge in [-0.15, -0.1) is 0 Å². The van der Waals surface area contributed by atoms with E-state index in [1.165, 1.54) is 28.8 Å². The van der Waals surface area contributed by atoms with Crippen molar-refractivity contribution < 1.29 is 14.0 Å². The van der Waals surface area contributed by atoms with Crippen LogP contribution in [0.15, 0.2) is 47.4 Å². The van der Waals surface area contributed by atoms with Crippen molar-refractivity contribution in [3.63, 3.8) is 0 Å². The summed E-state index contributed by atoms with van der Waals surface area (Å²) in [6.07, 6.45) is 3.13. The van der Waals surface area contributed by atoms with Crippen molar-refractivity contribution in [1.29, 1.82) is 0 Å². The van der Waals surface area contributed by atoms with Crippen LogP contribution in [-0.2, 0) is 7.05 Å². The normalized spacial score (nSPS) is 14.8. The van der Waals surface area contributed by atoms with Gasteiger partial charge >= 0.3 is 0 Å². The number of carbonyl (C=O) groups is 2. The van der Waals surface area contributed by atoms with Gasteiger partial charge in [-0.3, -0.25) is 14.4 Å². The molecule has 1 aromatic heterocycles. The Morgan fingerprint density at radius 3 is 2.48 bits per heavy atom. The second kappa shape index (κ2) is 8.16. The Balaban J connectivity index is 1.51. The molecule has 2 heterocycles. The van der Waals surface area contributed by atoms with Gasteiger partial charge in [-0.1, -0.05) is 0 Å². The Morgan fingerprint density at radius 2 is 1.81 bits per heavy atom. The molecule has 0 radical (unpaired) electrons. The minimum absolute atomic E-state index is 0.183. The summed E-state index contributed by atoms with van der Waals surface area (Å²) in [4.78, 5) is 38.4. The maximum absolute atomic E-state index is 12.9. The van der Waals surface area contributed by atoms with Crippen LogP contribution in [0.5, 0.6) is 0 Å². The van der Waals surface area contributed by atoms with Crippen LogP contribution in [0.2, 0.25) is 0 Å². The van der Waals surface area contributed by atoms with Gasteiger partial charge in [0.05, 0.1) is 0 Å². The topological polar surface area (TPSA) is 71.4 Å². The summed E-state index contributed by atoms with van der Waals surface area (Å²) >= 11 is 0. The quantitative estimate of drug-likeness (QED) is 0.891. The summed E-state index contributed by atoms with van der Waals surface area (Å²) < 4.78 is 14.3. The third-order valence-electron chi connectivity index (χ3n) is 4.91. The summed E-state index contributed by atoms with van der Waals surface area (Å²) in [6.45, 7) is 1.60. The van der Waals surface area contributed by atoms with Gasteiger partial charge in [0.1, 0.15) is 11.4 Å². The van der Waals surface area contributed by atoms with Crippen molar-refractivity contribution in [3.05, 3.63) is 69.9 Å². The monoisotopic (exact) mass is 371 g/mol. The lowest BCUT2D eigenvalue weighted by molar-refractivity contribution is 0.0682. The number of rotatable bonds is 4. The fourth-order valence-corrected chi connectivity index (χ4v) is 3.21. The molecule has 7 heteroatoms. The number of nitrogens with one attached hydrogen (secondary N) is 1. The molecule has 0 spiro atoms. The molecule has 1 saturated heterocycles. The van der Waals surface area contributed by atoms with E-state index in [-0.39, 0.29) is 34.7 Å². The SMILES string of the molecule is Cn1cccc(C(=O)N2CCC(CNC(=O)c3ccc(F)cc3)CC2)c1=O. The van der Waals surface area contributed by atoms with Gasteiger partial charge in [-0.05, 0) is 55.2 Å². The lowest BCUT2D eigenvalue weighted by Gasteiger charge is -2.32. The predicted octanol–water partition coefficient (Wildman–Crippen LogP) is 1.81. The summed E-state index contributed by atoms with van der Waals surface area (Å²) in [6, 6.07) is 8.66. The van der Waals surface area contributed by atoms with E-state index in [1.54, 1.807) is 30.3 Å². The molecule has 0 saturated carbocycles. The molecule has 0 unspecified atom stereocenters. The lowest BCUT2D eigenvalue weighted by atomic mass is 9.96. The summed E-state index contributed by atoms with van der Waals surface area (Å²) in [5.41, 5.74) is 0.309. The number of aromatic nitrogens is 1. The van der Waals surface area contributed by atoms with E-state index in [2.05, 4.69) is 5.32 Å². The number of piperidine rings is 1. The van der Waals surface area contributed by atoms with Crippen molar-refractivity contribution in [2.45, 2.75) is 12.8 Å². The smallest absolute Gasteiger partial charge is 0.263 e. The van der Waals surface area contributed by atoms with Gasteiger partial charge in [0.15, 0.2) is 0 Å². The van der Waals surface area contributed by atoms with Gasteiger partial charge in [0.25, 0.3) is 17.4 Å². The van der Waals surface area contributed by atoms with Gasteiger partial charge < -0.3 is 14.8 Å². The van der Waals surface area contributed by atoms with E-state index in [0.717, 1.165) is 12.8 Å². The van der Waals surface area contributed by atoms with Crippen molar-refractivity contribution in [3.8, 4) is 0 Å². The molecule has 3 rings (SSSR count). The Kier molecular flexibility index (Phi) is 5.69. The molecule has 1 N–H and O–H groups in total. The van der Waals surface area contributed by atoms with Crippen molar-refractivity contribution >= 4 is 11.8 Å². The molecule has 6 nitrogen and oxygen atoms in total. The molecule has 0 bridgehead atoms. The van der Waals surface area contributed by atoms with Crippen LogP contribution in [0.3, 0.4) is 0 Å². The number of pyridine rings is 1. The number of carbonyl (C=O) groups excluding carboxylic acids is 2. The van der Waals surface area contributed by atoms with Gasteiger partial charge in [-0.25, -0.2) is 4.39 Å². The number of amides is 2. The van der Waals surface area contributed by atoms with Crippen molar-refractivity contribution in [2.75, 3.05) is 19.6 Å². The number of hydrogen-bond acceptors (Lipinski definition) is 3. The molecule has 0 atom stereocenters. The van der Waals surface area contributed by atoms with E-state index in [4.69, 9.17) is 0 Å². The fraction of sp³-hybridized carbons (Fsp3) is 0.350. The zero-order valence-electron chi connectivity index (χ0n) is 15.2. The summed E-state index contributed by atoms with van der Waals surface area (Å²) in [7, 11) is 1.62. The first-order chi connectivity index (χ1) is 13.0. The highest BCUT2D eigenvalue weighted by Crippen LogP contribution is 2.18. The minimum Gasteiger partial charge on any atom is -0.352 e. The van der Waals surface area contributed by atoms with Crippen LogP contribution in [-0.4, -0.2) is 40.9 Å². The van der Waals surface area contributed by atoms with Crippen LogP contribution in [0.1, 0.15) is 33.6 Å². The maximum atomic E-state index is 12.9. The van der Waals surface area contributed by atoms with Crippen LogP contribution >= 0.6 is 0 Å². The average molecular weight is 371 g/mol. The van der Waals surface area contributed by atoms with E-state index in [9.17, 15) is 18.8 Å². The number of nitrogens with zero attached hydrogens (tertiary/aromatic N) is 2. The fourth-order valence-electron chi connectivity index (χ4n) is 3.21. The molecule has 27 heavy (non-hydrogen) atoms. The van der Waals surface area contributed by atoms with E-state index < -0.39 is 0 Å². The molecule has 0 aliphatic carbocycles. The Hall–Kier alpha value is -2.96. The Morgan fingerprint density at radius 1 is 1.15 bits per heavy atom. The zero-order chi connectivity index (χ0) is 19.4. The standard InChI is InChI=1S/C20H22FN3O3/c1-23-10-2-3-17(19(23)26)20(27)24-11-8-14(9-12-24)13-22-18(25)15-4-6-16(21)7-5-15/h2-7,10,14H,8-9,11-13H2,1H3,(H,22,25). The third-order valence-corrected chi connectivity index (χ3v) is 4.91. The van der Waals surface area contributed by atoms with E-state index >= 15 is 0 Å². The Labute approximate surface area is 156 Å². The third kappa shape index (κ3) is 4.42. The van der Waals surface area contributed by atoms with E-state index in [1.807, 2.05) is 0 Å². The van der Waals surface area contributed by atoms with Gasteiger partial charge in [0, 0.05) is 38.4 Å². The van der Waals surface area contributed by atoms with E-state index in [0.29, 0.717) is 25.2 Å². The first-order valence-corrected chi connectivity index (χ1v) is 8.94. The van der Waals surface area contributed by atoms with Gasteiger partial charge in [0.2, 0.25) is 0 Å². The van der Waals surface area contributed by atoms with Gasteiger partial charge in [-0.2, -0.15) is 0 Å². The average Bonchev–Trinajstić information content (AvgIpc) is 2.68. The molecule has 142 valence electrons. The van der Waals surface area contributed by atoms with Crippen molar-refractivity contribution in [2.24, 2.45) is 13.0 Å². The maximum Gasteiger partial charge on any atom is 0.263 e. The molecule has 1 aromatic carbocycles. The number of benzene rings is 1. The molecule has 2 amide bonds. The van der Waals surface area contributed by atoms with Crippen molar-refractivity contribution in [1.82, 2.24) is 14.8 Å². The number of aryl methyl sites for hydroxylation is 1. The largest absolute Gasteiger partial charge is 0.352 e. The zero-order valence-corrected chi connectivity index (χ0v) is 15.2. The molecule has 1 aliphatic heterocycles. The van der Waals surface area contributed by atoms with Crippen LogP contribution in [0, 0.1) is 11.7 Å². The Bertz CT molecular complexity index is 884.